The smallest absolute Gasteiger partial charge is 0.236 e. The van der Waals surface area contributed by atoms with Crippen molar-refractivity contribution in [3.63, 3.8) is 0 Å². The number of aromatic nitrogens is 2. The van der Waals surface area contributed by atoms with Gasteiger partial charge in [-0.15, -0.1) is 0 Å². The van der Waals surface area contributed by atoms with Crippen molar-refractivity contribution in [2.24, 2.45) is 11.3 Å². The molecule has 0 aliphatic carbocycles. The molecule has 162 valence electrons. The van der Waals surface area contributed by atoms with Crippen molar-refractivity contribution in [2.45, 2.75) is 26.8 Å². The Bertz CT molecular complexity index is 758. The summed E-state index contributed by atoms with van der Waals surface area (Å²) in [4.78, 5) is 33.7. The number of rotatable bonds is 7. The van der Waals surface area contributed by atoms with Crippen LogP contribution in [0.15, 0.2) is 6.07 Å². The van der Waals surface area contributed by atoms with Crippen LogP contribution in [0.3, 0.4) is 0 Å². The van der Waals surface area contributed by atoms with E-state index in [-0.39, 0.29) is 17.2 Å². The lowest BCUT2D eigenvalue weighted by atomic mass is 9.80. The van der Waals surface area contributed by atoms with Gasteiger partial charge in [0.05, 0.1) is 12.2 Å². The van der Waals surface area contributed by atoms with E-state index in [1.54, 1.807) is 0 Å². The summed E-state index contributed by atoms with van der Waals surface area (Å²) < 4.78 is 1.92. The molecule has 2 aliphatic rings. The first-order valence-electron chi connectivity index (χ1n) is 10.5. The summed E-state index contributed by atoms with van der Waals surface area (Å²) in [5.41, 5.74) is 2.05. The fourth-order valence-corrected chi connectivity index (χ4v) is 5.04. The number of fused-ring (bicyclic) bond motifs is 1. The van der Waals surface area contributed by atoms with Crippen LogP contribution in [-0.2, 0) is 16.1 Å². The number of carbonyl (C=O) groups excluding carboxylic acids is 2. The second kappa shape index (κ2) is 8.44. The fraction of sp³-hybridized carbons (Fsp3) is 0.762. The predicted octanol–water partition coefficient (Wildman–Crippen LogP) is 0.300. The minimum Gasteiger partial charge on any atom is -0.342 e. The van der Waals surface area contributed by atoms with Gasteiger partial charge in [0, 0.05) is 62.7 Å². The number of hydrogen-bond donors (Lipinski definition) is 0. The average Bonchev–Trinajstić information content (AvgIpc) is 3.20. The largest absolute Gasteiger partial charge is 0.342 e. The van der Waals surface area contributed by atoms with E-state index < -0.39 is 0 Å². The third-order valence-corrected chi connectivity index (χ3v) is 6.19. The molecule has 0 unspecified atom stereocenters. The SMILES string of the molecule is Cc1cc(C)n(CCC(=O)N2C[C@H]3CN(C(=O)CN(C)C)C[C@@]3(CN(C)C)C2)n1. The van der Waals surface area contributed by atoms with Crippen molar-refractivity contribution in [3.05, 3.63) is 17.5 Å². The standard InChI is InChI=1S/C21H36N6O2/c1-16-9-17(2)27(22-16)8-7-19(28)25-10-18-11-26(20(29)12-23(3)4)15-21(18,14-25)13-24(5)6/h9,18H,7-8,10-15H2,1-6H3/t18-,21+/m0/s1. The Labute approximate surface area is 174 Å². The fourth-order valence-electron chi connectivity index (χ4n) is 5.04. The number of amides is 2. The van der Waals surface area contributed by atoms with Crippen LogP contribution >= 0.6 is 0 Å². The van der Waals surface area contributed by atoms with E-state index in [9.17, 15) is 9.59 Å². The zero-order valence-electron chi connectivity index (χ0n) is 18.8. The molecule has 1 aromatic rings. The third kappa shape index (κ3) is 4.80. The van der Waals surface area contributed by atoms with Crippen molar-refractivity contribution in [2.75, 3.05) is 67.5 Å². The van der Waals surface area contributed by atoms with E-state index in [0.29, 0.717) is 25.4 Å². The molecule has 2 fully saturated rings. The summed E-state index contributed by atoms with van der Waals surface area (Å²) in [5, 5.41) is 4.46. The molecule has 0 bridgehead atoms. The number of carbonyl (C=O) groups is 2. The van der Waals surface area contributed by atoms with E-state index in [1.165, 1.54) is 0 Å². The Morgan fingerprint density at radius 3 is 2.21 bits per heavy atom. The monoisotopic (exact) mass is 404 g/mol. The molecule has 0 radical (unpaired) electrons. The molecular formula is C21H36N6O2. The van der Waals surface area contributed by atoms with Gasteiger partial charge < -0.3 is 19.6 Å². The molecule has 2 amide bonds. The van der Waals surface area contributed by atoms with E-state index in [4.69, 9.17) is 0 Å². The molecule has 8 nitrogen and oxygen atoms in total. The Kier molecular flexibility index (Phi) is 6.33. The third-order valence-electron chi connectivity index (χ3n) is 6.19. The molecule has 2 atom stereocenters. The number of aryl methyl sites for hydroxylation is 3. The number of likely N-dealkylation sites (tertiary alicyclic amines) is 2. The van der Waals surface area contributed by atoms with Crippen LogP contribution in [0.1, 0.15) is 17.8 Å². The number of hydrogen-bond acceptors (Lipinski definition) is 5. The van der Waals surface area contributed by atoms with Crippen LogP contribution in [-0.4, -0.2) is 109 Å². The molecule has 8 heteroatoms. The zero-order chi connectivity index (χ0) is 21.3. The Morgan fingerprint density at radius 2 is 1.69 bits per heavy atom. The van der Waals surface area contributed by atoms with Crippen LogP contribution in [0.4, 0.5) is 0 Å². The summed E-state index contributed by atoms with van der Waals surface area (Å²) in [6.45, 7) is 8.92. The van der Waals surface area contributed by atoms with Gasteiger partial charge in [0.25, 0.3) is 0 Å². The summed E-state index contributed by atoms with van der Waals surface area (Å²) in [6.07, 6.45) is 0.468. The van der Waals surface area contributed by atoms with Crippen LogP contribution in [0, 0.1) is 25.2 Å². The van der Waals surface area contributed by atoms with Gasteiger partial charge in [-0.1, -0.05) is 0 Å². The van der Waals surface area contributed by atoms with Gasteiger partial charge in [-0.2, -0.15) is 5.10 Å². The first-order valence-corrected chi connectivity index (χ1v) is 10.5. The van der Waals surface area contributed by atoms with Crippen molar-refractivity contribution in [1.29, 1.82) is 0 Å². The molecule has 3 rings (SSSR count). The first kappa shape index (κ1) is 21.8. The van der Waals surface area contributed by atoms with Crippen LogP contribution < -0.4 is 0 Å². The van der Waals surface area contributed by atoms with Crippen molar-refractivity contribution >= 4 is 11.8 Å². The van der Waals surface area contributed by atoms with E-state index in [0.717, 1.165) is 44.1 Å². The molecule has 2 aliphatic heterocycles. The maximum absolute atomic E-state index is 12.9. The Morgan fingerprint density at radius 1 is 1.07 bits per heavy atom. The normalized spacial score (nSPS) is 24.1. The van der Waals surface area contributed by atoms with Gasteiger partial charge in [-0.05, 0) is 48.1 Å². The zero-order valence-corrected chi connectivity index (χ0v) is 18.8. The van der Waals surface area contributed by atoms with E-state index in [1.807, 2.05) is 53.4 Å². The maximum atomic E-state index is 12.9. The lowest BCUT2D eigenvalue weighted by molar-refractivity contribution is -0.132. The molecule has 1 aromatic heterocycles. The predicted molar refractivity (Wildman–Crippen MR) is 113 cm³/mol. The Balaban J connectivity index is 1.64. The summed E-state index contributed by atoms with van der Waals surface area (Å²) in [7, 11) is 7.99. The van der Waals surface area contributed by atoms with Gasteiger partial charge in [0.15, 0.2) is 0 Å². The van der Waals surface area contributed by atoms with Gasteiger partial charge in [-0.25, -0.2) is 0 Å². The lowest BCUT2D eigenvalue weighted by Gasteiger charge is -2.32. The van der Waals surface area contributed by atoms with Gasteiger partial charge in [0.1, 0.15) is 0 Å². The quantitative estimate of drug-likeness (QED) is 0.654. The highest BCUT2D eigenvalue weighted by atomic mass is 16.2. The maximum Gasteiger partial charge on any atom is 0.236 e. The summed E-state index contributed by atoms with van der Waals surface area (Å²) in [6, 6.07) is 2.04. The molecule has 3 heterocycles. The number of nitrogens with zero attached hydrogens (tertiary/aromatic N) is 6. The van der Waals surface area contributed by atoms with Gasteiger partial charge in [0.2, 0.25) is 11.8 Å². The van der Waals surface area contributed by atoms with Gasteiger partial charge in [-0.3, -0.25) is 14.3 Å². The second-order valence-electron chi connectivity index (χ2n) is 9.48. The molecular weight excluding hydrogens is 368 g/mol. The second-order valence-corrected chi connectivity index (χ2v) is 9.48. The minimum absolute atomic E-state index is 0.0284. The van der Waals surface area contributed by atoms with Crippen LogP contribution in [0.2, 0.25) is 0 Å². The topological polar surface area (TPSA) is 64.9 Å². The highest BCUT2D eigenvalue weighted by Gasteiger charge is 2.54. The Hall–Kier alpha value is -1.93. The number of likely N-dealkylation sites (N-methyl/N-ethyl adjacent to an activating group) is 1. The molecule has 0 N–H and O–H groups in total. The summed E-state index contributed by atoms with van der Waals surface area (Å²) >= 11 is 0. The van der Waals surface area contributed by atoms with Crippen LogP contribution in [0.25, 0.3) is 0 Å². The molecule has 0 spiro atoms. The minimum atomic E-state index is -0.0284. The molecule has 2 saturated heterocycles. The first-order chi connectivity index (χ1) is 13.6. The molecule has 0 aromatic carbocycles. The lowest BCUT2D eigenvalue weighted by Crippen LogP contribution is -2.45. The van der Waals surface area contributed by atoms with E-state index >= 15 is 0 Å². The highest BCUT2D eigenvalue weighted by molar-refractivity contribution is 5.79. The highest BCUT2D eigenvalue weighted by Crippen LogP contribution is 2.43. The molecule has 0 saturated carbocycles. The van der Waals surface area contributed by atoms with Gasteiger partial charge >= 0.3 is 0 Å². The average molecular weight is 405 g/mol. The van der Waals surface area contributed by atoms with Crippen molar-refractivity contribution in [1.82, 2.24) is 29.4 Å². The molecule has 29 heavy (non-hydrogen) atoms. The van der Waals surface area contributed by atoms with E-state index in [2.05, 4.69) is 24.1 Å². The van der Waals surface area contributed by atoms with Crippen LogP contribution in [0.5, 0.6) is 0 Å². The van der Waals surface area contributed by atoms with Crippen molar-refractivity contribution < 1.29 is 9.59 Å². The summed E-state index contributed by atoms with van der Waals surface area (Å²) in [5.74, 6) is 0.717. The van der Waals surface area contributed by atoms with Crippen molar-refractivity contribution in [3.8, 4) is 0 Å².